The molecule has 2 aromatic heterocycles. The van der Waals surface area contributed by atoms with Gasteiger partial charge in [0.15, 0.2) is 5.16 Å². The van der Waals surface area contributed by atoms with Gasteiger partial charge in [0.1, 0.15) is 16.4 Å². The lowest BCUT2D eigenvalue weighted by molar-refractivity contribution is -0.895. The fraction of sp³-hybridized carbons (Fsp3) is 0.571. The van der Waals surface area contributed by atoms with Crippen LogP contribution in [0.5, 0.6) is 0 Å². The van der Waals surface area contributed by atoms with Gasteiger partial charge in [-0.2, -0.15) is 0 Å². The second-order valence-electron chi connectivity index (χ2n) is 5.00. The quantitative estimate of drug-likeness (QED) is 0.531. The van der Waals surface area contributed by atoms with Crippen LogP contribution in [0.25, 0.3) is 10.2 Å². The molecular formula is C14H20N3S3+. The molecule has 1 aliphatic heterocycles. The summed E-state index contributed by atoms with van der Waals surface area (Å²) < 4.78 is 0. The fourth-order valence-electron chi connectivity index (χ4n) is 2.59. The molecule has 6 heteroatoms. The van der Waals surface area contributed by atoms with Crippen LogP contribution in [0, 0.1) is 0 Å². The molecule has 1 atom stereocenters. The molecule has 20 heavy (non-hydrogen) atoms. The Morgan fingerprint density at radius 3 is 2.75 bits per heavy atom. The number of nitrogens with one attached hydrogen (secondary N) is 1. The molecule has 3 heterocycles. The van der Waals surface area contributed by atoms with Gasteiger partial charge in [-0.25, -0.2) is 9.97 Å². The van der Waals surface area contributed by atoms with Gasteiger partial charge < -0.3 is 4.90 Å². The molecule has 0 radical (unpaired) electrons. The van der Waals surface area contributed by atoms with Crippen LogP contribution in [0.15, 0.2) is 10.2 Å². The van der Waals surface area contributed by atoms with E-state index in [0.717, 1.165) is 23.2 Å². The van der Waals surface area contributed by atoms with E-state index < -0.39 is 0 Å². The molecule has 0 bridgehead atoms. The average molecular weight is 327 g/mol. The van der Waals surface area contributed by atoms with Crippen molar-refractivity contribution in [3.05, 3.63) is 10.4 Å². The first-order valence-corrected chi connectivity index (χ1v) is 9.90. The highest BCUT2D eigenvalue weighted by Gasteiger charge is 2.24. The molecule has 3 rings (SSSR count). The van der Waals surface area contributed by atoms with Crippen LogP contribution in [0.3, 0.4) is 0 Å². The summed E-state index contributed by atoms with van der Waals surface area (Å²) in [6.45, 7) is 6.72. The summed E-state index contributed by atoms with van der Waals surface area (Å²) in [5, 5.41) is 3.49. The predicted molar refractivity (Wildman–Crippen MR) is 89.4 cm³/mol. The smallest absolute Gasteiger partial charge is 0.189 e. The Kier molecular flexibility index (Phi) is 4.55. The van der Waals surface area contributed by atoms with E-state index in [1.807, 2.05) is 23.1 Å². The van der Waals surface area contributed by atoms with E-state index in [-0.39, 0.29) is 0 Å². The van der Waals surface area contributed by atoms with E-state index in [9.17, 15) is 0 Å². The average Bonchev–Trinajstić information content (AvgIpc) is 2.76. The van der Waals surface area contributed by atoms with Gasteiger partial charge in [0.2, 0.25) is 0 Å². The normalized spacial score (nSPS) is 18.4. The maximum Gasteiger partial charge on any atom is 0.189 e. The number of aromatic nitrogens is 2. The van der Waals surface area contributed by atoms with Crippen molar-refractivity contribution in [1.29, 1.82) is 0 Å². The minimum Gasteiger partial charge on any atom is -0.333 e. The molecule has 0 spiro atoms. The predicted octanol–water partition coefficient (Wildman–Crippen LogP) is 2.49. The monoisotopic (exact) mass is 326 g/mol. The van der Waals surface area contributed by atoms with E-state index in [0.29, 0.717) is 0 Å². The Bertz CT molecular complexity index is 624. The highest BCUT2D eigenvalue weighted by molar-refractivity contribution is 7.99. The maximum absolute atomic E-state index is 4.79. The third-order valence-electron chi connectivity index (χ3n) is 3.50. The number of quaternary nitrogens is 1. The van der Waals surface area contributed by atoms with Gasteiger partial charge in [-0.05, 0) is 17.1 Å². The highest BCUT2D eigenvalue weighted by atomic mass is 32.2. The zero-order valence-electron chi connectivity index (χ0n) is 12.2. The number of hydrogen-bond acceptors (Lipinski definition) is 5. The SMILES string of the molecule is CCSc1nc(SCC)c2c3c(sc2n1)C[NH+](C)CC3. The second-order valence-corrected chi connectivity index (χ2v) is 8.56. The zero-order valence-corrected chi connectivity index (χ0v) is 14.6. The minimum absolute atomic E-state index is 0.940. The van der Waals surface area contributed by atoms with Crippen LogP contribution in [-0.2, 0) is 13.0 Å². The molecule has 3 nitrogen and oxygen atoms in total. The van der Waals surface area contributed by atoms with Crippen molar-refractivity contribution in [1.82, 2.24) is 9.97 Å². The molecule has 0 aromatic carbocycles. The lowest BCUT2D eigenvalue weighted by Gasteiger charge is -2.19. The lowest BCUT2D eigenvalue weighted by atomic mass is 10.1. The Morgan fingerprint density at radius 2 is 2.00 bits per heavy atom. The van der Waals surface area contributed by atoms with E-state index in [1.54, 1.807) is 16.7 Å². The van der Waals surface area contributed by atoms with Gasteiger partial charge >= 0.3 is 0 Å². The first-order valence-electron chi connectivity index (χ1n) is 7.12. The number of thioether (sulfide) groups is 2. The van der Waals surface area contributed by atoms with Crippen molar-refractivity contribution in [2.45, 2.75) is 37.0 Å². The molecule has 108 valence electrons. The topological polar surface area (TPSA) is 30.2 Å². The fourth-order valence-corrected chi connectivity index (χ4v) is 5.47. The minimum atomic E-state index is 0.940. The number of likely N-dealkylation sites (N-methyl/N-ethyl adjacent to an activating group) is 1. The van der Waals surface area contributed by atoms with Crippen LogP contribution < -0.4 is 4.90 Å². The van der Waals surface area contributed by atoms with Crippen LogP contribution in [0.4, 0.5) is 0 Å². The number of thiophene rings is 1. The number of fused-ring (bicyclic) bond motifs is 3. The van der Waals surface area contributed by atoms with Crippen LogP contribution in [0.1, 0.15) is 24.3 Å². The van der Waals surface area contributed by atoms with Gasteiger partial charge in [0.25, 0.3) is 0 Å². The molecule has 0 aliphatic carbocycles. The largest absolute Gasteiger partial charge is 0.333 e. The molecule has 0 saturated carbocycles. The summed E-state index contributed by atoms with van der Waals surface area (Å²) in [6.07, 6.45) is 1.17. The zero-order chi connectivity index (χ0) is 14.1. The first kappa shape index (κ1) is 14.6. The van der Waals surface area contributed by atoms with Gasteiger partial charge in [0, 0.05) is 11.8 Å². The van der Waals surface area contributed by atoms with Gasteiger partial charge in [-0.15, -0.1) is 23.1 Å². The number of hydrogen-bond donors (Lipinski definition) is 1. The third-order valence-corrected chi connectivity index (χ3v) is 6.21. The van der Waals surface area contributed by atoms with Crippen molar-refractivity contribution in [2.75, 3.05) is 25.1 Å². The van der Waals surface area contributed by atoms with E-state index in [1.165, 1.54) is 38.6 Å². The number of nitrogens with zero attached hydrogens (tertiary/aromatic N) is 2. The van der Waals surface area contributed by atoms with Crippen molar-refractivity contribution >= 4 is 45.1 Å². The molecule has 2 aromatic rings. The summed E-state index contributed by atoms with van der Waals surface area (Å²) in [4.78, 5) is 13.9. The molecule has 1 N–H and O–H groups in total. The second kappa shape index (κ2) is 6.22. The summed E-state index contributed by atoms with van der Waals surface area (Å²) in [5.41, 5.74) is 1.53. The molecule has 1 unspecified atom stereocenters. The van der Waals surface area contributed by atoms with Crippen LogP contribution in [0.2, 0.25) is 0 Å². The van der Waals surface area contributed by atoms with Crippen molar-refractivity contribution in [2.24, 2.45) is 0 Å². The molecule has 0 amide bonds. The Hall–Kier alpha value is -0.300. The summed E-state index contributed by atoms with van der Waals surface area (Å²) >= 11 is 5.49. The van der Waals surface area contributed by atoms with Crippen molar-refractivity contribution < 1.29 is 4.90 Å². The van der Waals surface area contributed by atoms with Crippen molar-refractivity contribution in [3.63, 3.8) is 0 Å². The highest BCUT2D eigenvalue weighted by Crippen LogP contribution is 2.37. The number of rotatable bonds is 4. The summed E-state index contributed by atoms with van der Waals surface area (Å²) in [5.74, 6) is 2.10. The molecular weight excluding hydrogens is 306 g/mol. The van der Waals surface area contributed by atoms with Crippen molar-refractivity contribution in [3.8, 4) is 0 Å². The Labute approximate surface area is 132 Å². The van der Waals surface area contributed by atoms with E-state index in [4.69, 9.17) is 9.97 Å². The maximum atomic E-state index is 4.79. The summed E-state index contributed by atoms with van der Waals surface area (Å²) in [6, 6.07) is 0. The third kappa shape index (κ3) is 2.71. The Morgan fingerprint density at radius 1 is 1.20 bits per heavy atom. The van der Waals surface area contributed by atoms with Gasteiger partial charge in [-0.1, -0.05) is 25.6 Å². The summed E-state index contributed by atoms with van der Waals surface area (Å²) in [7, 11) is 2.28. The molecule has 0 saturated heterocycles. The lowest BCUT2D eigenvalue weighted by Crippen LogP contribution is -3.08. The van der Waals surface area contributed by atoms with E-state index in [2.05, 4.69) is 20.9 Å². The Balaban J connectivity index is 2.15. The van der Waals surface area contributed by atoms with Crippen LogP contribution in [-0.4, -0.2) is 35.1 Å². The van der Waals surface area contributed by atoms with E-state index >= 15 is 0 Å². The standard InChI is InChI=1S/C14H19N3S3/c1-4-18-12-11-9-6-7-17(3)8-10(9)20-13(11)16-14(15-12)19-5-2/h4-8H2,1-3H3/p+1. The van der Waals surface area contributed by atoms with Crippen LogP contribution >= 0.6 is 34.9 Å². The molecule has 1 aliphatic rings. The molecule has 0 fully saturated rings. The first-order chi connectivity index (χ1) is 9.72. The van der Waals surface area contributed by atoms with Gasteiger partial charge in [-0.3, -0.25) is 0 Å². The van der Waals surface area contributed by atoms with Gasteiger partial charge in [0.05, 0.1) is 18.5 Å².